The van der Waals surface area contributed by atoms with Crippen molar-refractivity contribution >= 4 is 17.5 Å². The van der Waals surface area contributed by atoms with Gasteiger partial charge in [0.2, 0.25) is 5.36 Å². The summed E-state index contributed by atoms with van der Waals surface area (Å²) in [6.07, 6.45) is 0. The van der Waals surface area contributed by atoms with E-state index in [4.69, 9.17) is 0 Å². The van der Waals surface area contributed by atoms with Crippen molar-refractivity contribution in [3.8, 4) is 0 Å². The number of hydrogen-bond acceptors (Lipinski definition) is 4. The third-order valence-electron chi connectivity index (χ3n) is 2.24. The smallest absolute Gasteiger partial charge is 0.258 e. The SMILES string of the molecule is C[N+]1=c2ccc([N+](=O)[O-])cc2=NC(=O)C1=O. The molecule has 0 fully saturated rings. The molecule has 1 aromatic carbocycles. The maximum absolute atomic E-state index is 11.3. The van der Waals surface area contributed by atoms with Crippen molar-refractivity contribution in [2.45, 2.75) is 0 Å². The lowest BCUT2D eigenvalue weighted by Crippen LogP contribution is -2.48. The van der Waals surface area contributed by atoms with Gasteiger partial charge in [-0.3, -0.25) is 14.9 Å². The summed E-state index contributed by atoms with van der Waals surface area (Å²) in [6.45, 7) is 0. The molecule has 0 saturated heterocycles. The van der Waals surface area contributed by atoms with E-state index in [1.807, 2.05) is 0 Å². The second-order valence-electron chi connectivity index (χ2n) is 3.21. The molecule has 0 bridgehead atoms. The number of nitrogens with zero attached hydrogens (tertiary/aromatic N) is 3. The zero-order chi connectivity index (χ0) is 11.9. The highest BCUT2D eigenvalue weighted by molar-refractivity contribution is 6.36. The van der Waals surface area contributed by atoms with Crippen LogP contribution in [0.4, 0.5) is 5.69 Å². The lowest BCUT2D eigenvalue weighted by Gasteiger charge is -1.97. The summed E-state index contributed by atoms with van der Waals surface area (Å²) in [7, 11) is 1.42. The van der Waals surface area contributed by atoms with Gasteiger partial charge in [0.25, 0.3) is 5.69 Å². The van der Waals surface area contributed by atoms with E-state index in [0.717, 1.165) is 10.6 Å². The molecule has 1 heterocycles. The number of carbonyl (C=O) groups excluding carboxylic acids is 2. The number of non-ortho nitro benzene ring substituents is 1. The predicted molar refractivity (Wildman–Crippen MR) is 51.1 cm³/mol. The van der Waals surface area contributed by atoms with Gasteiger partial charge in [-0.15, -0.1) is 0 Å². The van der Waals surface area contributed by atoms with E-state index < -0.39 is 16.7 Å². The molecule has 2 rings (SSSR count). The zero-order valence-electron chi connectivity index (χ0n) is 8.21. The van der Waals surface area contributed by atoms with Crippen molar-refractivity contribution in [2.24, 2.45) is 4.99 Å². The van der Waals surface area contributed by atoms with Crippen LogP contribution in [-0.2, 0) is 9.59 Å². The van der Waals surface area contributed by atoms with Crippen LogP contribution in [0.2, 0.25) is 0 Å². The molecule has 0 unspecified atom stereocenters. The van der Waals surface area contributed by atoms with Gasteiger partial charge in [0.05, 0.1) is 4.92 Å². The summed E-state index contributed by atoms with van der Waals surface area (Å²) in [6, 6.07) is 3.81. The summed E-state index contributed by atoms with van der Waals surface area (Å²) in [4.78, 5) is 35.8. The number of rotatable bonds is 1. The molecule has 7 nitrogen and oxygen atoms in total. The van der Waals surface area contributed by atoms with Gasteiger partial charge in [-0.1, -0.05) is 0 Å². The average molecular weight is 220 g/mol. The first kappa shape index (κ1) is 10.1. The molecule has 0 N–H and O–H groups in total. The summed E-state index contributed by atoms with van der Waals surface area (Å²) in [5, 5.41) is 11.0. The summed E-state index contributed by atoms with van der Waals surface area (Å²) < 4.78 is 1.12. The standard InChI is InChI=1S/C9H6N3O4/c1-11-7-3-2-5(12(15)16)4-6(7)10-8(13)9(11)14/h2-4H,1H3/q+1. The molecular weight excluding hydrogens is 214 g/mol. The van der Waals surface area contributed by atoms with E-state index in [0.29, 0.717) is 5.36 Å². The van der Waals surface area contributed by atoms with Gasteiger partial charge >= 0.3 is 11.8 Å². The van der Waals surface area contributed by atoms with Crippen LogP contribution in [0.25, 0.3) is 0 Å². The molecule has 1 aliphatic heterocycles. The van der Waals surface area contributed by atoms with E-state index in [-0.39, 0.29) is 11.0 Å². The van der Waals surface area contributed by atoms with Gasteiger partial charge in [-0.25, -0.2) is 4.79 Å². The Morgan fingerprint density at radius 1 is 1.38 bits per heavy atom. The molecule has 7 heteroatoms. The molecule has 1 aromatic rings. The van der Waals surface area contributed by atoms with Crippen LogP contribution in [0.15, 0.2) is 23.2 Å². The molecule has 80 valence electrons. The number of nitro benzene ring substituents is 1. The molecule has 0 aromatic heterocycles. The monoisotopic (exact) mass is 220 g/mol. The topological polar surface area (TPSA) is 92.7 Å². The Balaban J connectivity index is 2.84. The molecule has 16 heavy (non-hydrogen) atoms. The van der Waals surface area contributed by atoms with Crippen molar-refractivity contribution in [1.29, 1.82) is 0 Å². The first-order chi connectivity index (χ1) is 7.50. The number of hydrogen-bond donors (Lipinski definition) is 0. The number of amides is 2. The Morgan fingerprint density at radius 2 is 2.06 bits per heavy atom. The molecule has 1 aliphatic rings. The zero-order valence-corrected chi connectivity index (χ0v) is 8.21. The third kappa shape index (κ3) is 1.38. The highest BCUT2D eigenvalue weighted by Gasteiger charge is 2.28. The summed E-state index contributed by atoms with van der Waals surface area (Å²) in [5.41, 5.74) is -0.168. The van der Waals surface area contributed by atoms with E-state index in [2.05, 4.69) is 4.99 Å². The number of fused-ring (bicyclic) bond motifs is 1. The minimum absolute atomic E-state index is 0.140. The van der Waals surface area contributed by atoms with Crippen LogP contribution >= 0.6 is 0 Å². The van der Waals surface area contributed by atoms with Gasteiger partial charge in [-0.05, 0) is 0 Å². The Bertz CT molecular complexity index is 647. The Labute approximate surface area is 88.5 Å². The molecular formula is C9H6N3O4+. The van der Waals surface area contributed by atoms with Crippen molar-refractivity contribution in [1.82, 2.24) is 4.58 Å². The van der Waals surface area contributed by atoms with Crippen LogP contribution in [0, 0.1) is 10.1 Å². The molecule has 0 radical (unpaired) electrons. The average Bonchev–Trinajstić information content (AvgIpc) is 2.25. The Hall–Kier alpha value is -2.44. The first-order valence-electron chi connectivity index (χ1n) is 4.33. The minimum atomic E-state index is -0.921. The fourth-order valence-corrected chi connectivity index (χ4v) is 1.41. The summed E-state index contributed by atoms with van der Waals surface area (Å²) >= 11 is 0. The Kier molecular flexibility index (Phi) is 2.08. The number of likely N-dealkylation sites (N-methyl/N-ethyl adjacent to an activating group) is 1. The molecule has 0 spiro atoms. The predicted octanol–water partition coefficient (Wildman–Crippen LogP) is -1.60. The number of carbonyl (C=O) groups is 2. The highest BCUT2D eigenvalue weighted by atomic mass is 16.6. The van der Waals surface area contributed by atoms with E-state index in [1.54, 1.807) is 0 Å². The number of nitro groups is 1. The number of benzene rings is 1. The first-order valence-corrected chi connectivity index (χ1v) is 4.33. The van der Waals surface area contributed by atoms with Gasteiger partial charge in [0, 0.05) is 18.2 Å². The quantitative estimate of drug-likeness (QED) is 0.246. The molecule has 0 atom stereocenters. The van der Waals surface area contributed by atoms with Gasteiger partial charge in [0.1, 0.15) is 12.4 Å². The van der Waals surface area contributed by atoms with Crippen molar-refractivity contribution < 1.29 is 14.5 Å². The van der Waals surface area contributed by atoms with Gasteiger partial charge in [-0.2, -0.15) is 9.57 Å². The van der Waals surface area contributed by atoms with E-state index in [9.17, 15) is 19.7 Å². The van der Waals surface area contributed by atoms with Crippen LogP contribution in [0.5, 0.6) is 0 Å². The van der Waals surface area contributed by atoms with Crippen LogP contribution < -0.4 is 15.3 Å². The molecule has 0 saturated carbocycles. The van der Waals surface area contributed by atoms with Gasteiger partial charge in [0.15, 0.2) is 0 Å². The minimum Gasteiger partial charge on any atom is -0.258 e. The fourth-order valence-electron chi connectivity index (χ4n) is 1.41. The summed E-state index contributed by atoms with van der Waals surface area (Å²) in [5.74, 6) is -1.67. The van der Waals surface area contributed by atoms with Gasteiger partial charge < -0.3 is 0 Å². The Morgan fingerprint density at radius 3 is 2.69 bits per heavy atom. The van der Waals surface area contributed by atoms with Crippen molar-refractivity contribution in [2.75, 3.05) is 7.05 Å². The van der Waals surface area contributed by atoms with Crippen molar-refractivity contribution in [3.63, 3.8) is 0 Å². The largest absolute Gasteiger partial charge is 0.479 e. The maximum Gasteiger partial charge on any atom is 0.479 e. The fraction of sp³-hybridized carbons (Fsp3) is 0.111. The molecule has 2 amide bonds. The highest BCUT2D eigenvalue weighted by Crippen LogP contribution is 2.03. The second kappa shape index (κ2) is 3.30. The third-order valence-corrected chi connectivity index (χ3v) is 2.24. The lowest BCUT2D eigenvalue weighted by molar-refractivity contribution is -0.385. The van der Waals surface area contributed by atoms with Crippen LogP contribution in [0.3, 0.4) is 0 Å². The normalized spacial score (nSPS) is 14.4. The maximum atomic E-state index is 11.3. The van der Waals surface area contributed by atoms with E-state index >= 15 is 0 Å². The van der Waals surface area contributed by atoms with Crippen molar-refractivity contribution in [3.05, 3.63) is 39.0 Å². The van der Waals surface area contributed by atoms with E-state index in [1.165, 1.54) is 19.2 Å². The van der Waals surface area contributed by atoms with Crippen LogP contribution in [0.1, 0.15) is 0 Å². The van der Waals surface area contributed by atoms with Crippen LogP contribution in [-0.4, -0.2) is 23.8 Å². The molecule has 0 aliphatic carbocycles. The second-order valence-corrected chi connectivity index (χ2v) is 3.21. The lowest BCUT2D eigenvalue weighted by atomic mass is 10.2.